The highest BCUT2D eigenvalue weighted by atomic mass is 19.4. The topological polar surface area (TPSA) is 32.8 Å². The maximum Gasteiger partial charge on any atom is 0.416 e. The van der Waals surface area contributed by atoms with Gasteiger partial charge in [0.05, 0.1) is 17.2 Å². The van der Waals surface area contributed by atoms with E-state index in [-0.39, 0.29) is 37.2 Å². The summed E-state index contributed by atoms with van der Waals surface area (Å²) in [4.78, 5) is 17.1. The number of carbonyl (C=O) groups excluding carboxylic acids is 1. The van der Waals surface area contributed by atoms with Gasteiger partial charge in [-0.1, -0.05) is 30.3 Å². The second kappa shape index (κ2) is 10.5. The minimum absolute atomic E-state index is 0.0465. The summed E-state index contributed by atoms with van der Waals surface area (Å²) in [7, 11) is 0. The molecule has 2 heterocycles. The molecule has 0 unspecified atom stereocenters. The van der Waals surface area contributed by atoms with E-state index in [2.05, 4.69) is 4.90 Å². The van der Waals surface area contributed by atoms with Gasteiger partial charge in [0.1, 0.15) is 0 Å². The first kappa shape index (κ1) is 27.0. The Morgan fingerprint density at radius 2 is 1.50 bits per heavy atom. The van der Waals surface area contributed by atoms with Crippen molar-refractivity contribution in [1.82, 2.24) is 9.80 Å². The summed E-state index contributed by atoms with van der Waals surface area (Å²) >= 11 is 0. The molecule has 0 spiro atoms. The molecule has 2 aromatic carbocycles. The molecule has 10 heteroatoms. The Labute approximate surface area is 217 Å². The van der Waals surface area contributed by atoms with Gasteiger partial charge >= 0.3 is 12.4 Å². The van der Waals surface area contributed by atoms with Crippen molar-refractivity contribution in [2.24, 2.45) is 5.92 Å². The Morgan fingerprint density at radius 1 is 0.842 bits per heavy atom. The molecule has 206 valence electrons. The molecular formula is C28H30F6N2O2. The highest BCUT2D eigenvalue weighted by molar-refractivity contribution is 5.95. The zero-order valence-corrected chi connectivity index (χ0v) is 20.8. The molecule has 2 aliphatic heterocycles. The van der Waals surface area contributed by atoms with Crippen LogP contribution in [-0.4, -0.2) is 60.6 Å². The predicted octanol–water partition coefficient (Wildman–Crippen LogP) is 6.22. The first-order valence-corrected chi connectivity index (χ1v) is 13.0. The Hall–Kier alpha value is -2.59. The van der Waals surface area contributed by atoms with Crippen molar-refractivity contribution >= 4 is 5.91 Å². The van der Waals surface area contributed by atoms with Crippen LogP contribution in [0.15, 0.2) is 48.5 Å². The maximum atomic E-state index is 13.4. The fourth-order valence-corrected chi connectivity index (χ4v) is 5.60. The number of amides is 1. The highest BCUT2D eigenvalue weighted by Crippen LogP contribution is 2.38. The minimum atomic E-state index is -5.01. The summed E-state index contributed by atoms with van der Waals surface area (Å²) in [5.74, 6) is -0.291. The average Bonchev–Trinajstić information content (AvgIpc) is 3.61. The molecule has 4 nitrogen and oxygen atoms in total. The summed E-state index contributed by atoms with van der Waals surface area (Å²) in [6.45, 7) is 2.85. The zero-order valence-electron chi connectivity index (χ0n) is 20.8. The number of carbonyl (C=O) groups is 1. The molecule has 2 aromatic rings. The van der Waals surface area contributed by atoms with Crippen LogP contribution in [-0.2, 0) is 17.1 Å². The third-order valence-electron chi connectivity index (χ3n) is 7.84. The predicted molar refractivity (Wildman–Crippen MR) is 129 cm³/mol. The van der Waals surface area contributed by atoms with Gasteiger partial charge in [0, 0.05) is 50.3 Å². The molecule has 0 bridgehead atoms. The quantitative estimate of drug-likeness (QED) is 0.408. The number of benzene rings is 2. The second-order valence-corrected chi connectivity index (χ2v) is 10.6. The molecule has 3 fully saturated rings. The minimum Gasteiger partial charge on any atom is -0.377 e. The van der Waals surface area contributed by atoms with Gasteiger partial charge in [-0.15, -0.1) is 0 Å². The van der Waals surface area contributed by atoms with E-state index in [4.69, 9.17) is 4.74 Å². The van der Waals surface area contributed by atoms with Gasteiger partial charge in [-0.3, -0.25) is 9.69 Å². The average molecular weight is 541 g/mol. The third-order valence-corrected chi connectivity index (χ3v) is 7.84. The van der Waals surface area contributed by atoms with Gasteiger partial charge < -0.3 is 9.64 Å². The van der Waals surface area contributed by atoms with E-state index in [9.17, 15) is 31.1 Å². The molecule has 0 N–H and O–H groups in total. The van der Waals surface area contributed by atoms with Crippen LogP contribution in [0.25, 0.3) is 0 Å². The fraction of sp³-hybridized carbons (Fsp3) is 0.536. The molecule has 1 aliphatic carbocycles. The molecule has 3 aliphatic rings. The normalized spacial score (nSPS) is 25.1. The maximum absolute atomic E-state index is 13.4. The number of alkyl halides is 6. The van der Waals surface area contributed by atoms with Gasteiger partial charge in [-0.05, 0) is 55.4 Å². The lowest BCUT2D eigenvalue weighted by Gasteiger charge is -2.43. The first-order chi connectivity index (χ1) is 18.0. The lowest BCUT2D eigenvalue weighted by Crippen LogP contribution is -2.51. The Balaban J connectivity index is 1.37. The Kier molecular flexibility index (Phi) is 7.48. The number of hydrogen-bond acceptors (Lipinski definition) is 3. The van der Waals surface area contributed by atoms with E-state index in [0.717, 1.165) is 31.7 Å². The number of halogens is 6. The lowest BCUT2D eigenvalue weighted by molar-refractivity contribution is -0.143. The van der Waals surface area contributed by atoms with Gasteiger partial charge in [0.15, 0.2) is 0 Å². The summed E-state index contributed by atoms with van der Waals surface area (Å²) in [5.41, 5.74) is -2.59. The molecule has 2 saturated heterocycles. The van der Waals surface area contributed by atoms with Crippen LogP contribution < -0.4 is 0 Å². The van der Waals surface area contributed by atoms with E-state index in [1.165, 1.54) is 17.7 Å². The Bertz CT molecular complexity index is 1100. The van der Waals surface area contributed by atoms with Gasteiger partial charge in [0.25, 0.3) is 5.91 Å². The van der Waals surface area contributed by atoms with E-state index in [1.807, 2.05) is 30.3 Å². The highest BCUT2D eigenvalue weighted by Gasteiger charge is 2.41. The molecule has 38 heavy (non-hydrogen) atoms. The van der Waals surface area contributed by atoms with Gasteiger partial charge in [0.2, 0.25) is 0 Å². The van der Waals surface area contributed by atoms with Crippen LogP contribution in [0.4, 0.5) is 26.3 Å². The van der Waals surface area contributed by atoms with E-state index >= 15 is 0 Å². The van der Waals surface area contributed by atoms with Crippen LogP contribution in [0.5, 0.6) is 0 Å². The van der Waals surface area contributed by atoms with Gasteiger partial charge in [-0.25, -0.2) is 0 Å². The third kappa shape index (κ3) is 6.17. The monoisotopic (exact) mass is 540 g/mol. The second-order valence-electron chi connectivity index (χ2n) is 10.6. The van der Waals surface area contributed by atoms with E-state index in [0.29, 0.717) is 24.5 Å². The summed E-state index contributed by atoms with van der Waals surface area (Å²) in [6.07, 6.45) is -5.96. The van der Waals surface area contributed by atoms with Crippen molar-refractivity contribution in [3.05, 3.63) is 70.8 Å². The number of likely N-dealkylation sites (tertiary alicyclic amines) is 2. The molecule has 1 saturated carbocycles. The largest absolute Gasteiger partial charge is 0.416 e. The SMILES string of the molecule is O=C(c1cc(C(F)(F)F)cc(C(F)(F)F)c1)N1CC[C@@H](N2CC[C@@H](OCC3CC3)C2)[C@@H](c2ccccc2)C1. The van der Waals surface area contributed by atoms with Crippen LogP contribution in [0, 0.1) is 5.92 Å². The molecule has 5 rings (SSSR count). The molecule has 1 amide bonds. The van der Waals surface area contributed by atoms with E-state index in [1.54, 1.807) is 0 Å². The number of nitrogens with zero attached hydrogens (tertiary/aromatic N) is 2. The number of ether oxygens (including phenoxy) is 1. The smallest absolute Gasteiger partial charge is 0.377 e. The first-order valence-electron chi connectivity index (χ1n) is 13.0. The summed E-state index contributed by atoms with van der Waals surface area (Å²) in [6, 6.07) is 10.7. The van der Waals surface area contributed by atoms with Crippen LogP contribution >= 0.6 is 0 Å². The summed E-state index contributed by atoms with van der Waals surface area (Å²) in [5, 5.41) is 0. The van der Waals surface area contributed by atoms with Crippen molar-refractivity contribution in [3.63, 3.8) is 0 Å². The zero-order chi connectivity index (χ0) is 27.1. The molecule has 0 aromatic heterocycles. The van der Waals surface area contributed by atoms with E-state index < -0.39 is 35.0 Å². The lowest BCUT2D eigenvalue weighted by atomic mass is 9.84. The van der Waals surface area contributed by atoms with Crippen molar-refractivity contribution < 1.29 is 35.9 Å². The van der Waals surface area contributed by atoms with Crippen LogP contribution in [0.2, 0.25) is 0 Å². The number of hydrogen-bond donors (Lipinski definition) is 0. The van der Waals surface area contributed by atoms with Crippen molar-refractivity contribution in [3.8, 4) is 0 Å². The van der Waals surface area contributed by atoms with Gasteiger partial charge in [-0.2, -0.15) is 26.3 Å². The van der Waals surface area contributed by atoms with Crippen molar-refractivity contribution in [2.45, 2.75) is 56.1 Å². The van der Waals surface area contributed by atoms with Crippen molar-refractivity contribution in [2.75, 3.05) is 32.8 Å². The standard InChI is InChI=1S/C28H30F6N2O2/c29-27(30,31)21-12-20(13-22(14-21)28(32,33)34)26(37)36-11-9-25(24(16-36)19-4-2-1-3-5-19)35-10-8-23(15-35)38-17-18-6-7-18/h1-5,12-14,18,23-25H,6-11,15-17H2/t23-,24-,25-/m1/s1. The molecular weight excluding hydrogens is 510 g/mol. The summed E-state index contributed by atoms with van der Waals surface area (Å²) < 4.78 is 86.3. The van der Waals surface area contributed by atoms with Crippen LogP contribution in [0.1, 0.15) is 58.6 Å². The van der Waals surface area contributed by atoms with Crippen LogP contribution in [0.3, 0.4) is 0 Å². The fourth-order valence-electron chi connectivity index (χ4n) is 5.60. The number of piperidine rings is 1. The molecule has 3 atom stereocenters. The van der Waals surface area contributed by atoms with Crippen molar-refractivity contribution in [1.29, 1.82) is 0 Å². The Morgan fingerprint density at radius 3 is 2.11 bits per heavy atom. The number of rotatable bonds is 6. The molecule has 0 radical (unpaired) electrons.